The van der Waals surface area contributed by atoms with Gasteiger partial charge in [-0.1, -0.05) is 6.57 Å². The molecule has 3 heterocycles. The minimum atomic E-state index is -4.59. The lowest BCUT2D eigenvalue weighted by Crippen LogP contribution is -2.55. The highest BCUT2D eigenvalue weighted by Gasteiger charge is 2.60. The molecule has 0 bridgehead atoms. The number of aromatic nitrogens is 2. The van der Waals surface area contributed by atoms with Crippen molar-refractivity contribution in [2.24, 2.45) is 0 Å². The smallest absolute Gasteiger partial charge is 0.397 e. The molecule has 2 saturated carbocycles. The molecule has 314 valence electrons. The van der Waals surface area contributed by atoms with Crippen molar-refractivity contribution in [1.29, 1.82) is 10.5 Å². The topological polar surface area (TPSA) is 198 Å². The third kappa shape index (κ3) is 9.02. The van der Waals surface area contributed by atoms with Crippen LogP contribution in [0.25, 0.3) is 4.85 Å². The number of hydrogen-bond donors (Lipinski definition) is 4. The van der Waals surface area contributed by atoms with Gasteiger partial charge in [-0.3, -0.25) is 19.3 Å². The molecule has 3 fully saturated rings. The van der Waals surface area contributed by atoms with E-state index >= 15 is 0 Å². The zero-order chi connectivity index (χ0) is 49.9. The second kappa shape index (κ2) is 17.9. The van der Waals surface area contributed by atoms with Crippen LogP contribution in [0.3, 0.4) is 0 Å². The number of nitrogens with two attached hydrogens (primary N) is 1. The maximum atomic E-state index is 14.8. The van der Waals surface area contributed by atoms with Crippen LogP contribution >= 0.6 is 12.2 Å². The summed E-state index contributed by atoms with van der Waals surface area (Å²) in [6, 6.07) is 13.3. The van der Waals surface area contributed by atoms with Crippen LogP contribution in [0.4, 0.5) is 50.5 Å². The van der Waals surface area contributed by atoms with Crippen molar-refractivity contribution < 1.29 is 44.6 Å². The van der Waals surface area contributed by atoms with Crippen LogP contribution in [0.5, 0.6) is 0 Å². The molecule has 0 radical (unpaired) electrons. The van der Waals surface area contributed by atoms with Crippen molar-refractivity contribution >= 4 is 63.6 Å². The molecule has 3 amide bonds. The molecule has 4 aromatic rings. The minimum Gasteiger partial charge on any atom is -0.397 e. The summed E-state index contributed by atoms with van der Waals surface area (Å²) in [4.78, 5) is 50.8. The molecule has 0 unspecified atom stereocenters. The first-order valence-corrected chi connectivity index (χ1v) is 18.3. The first kappa shape index (κ1) is 36.8. The monoisotopic (exact) mass is 863 g/mol. The van der Waals surface area contributed by atoms with E-state index in [4.69, 9.17) is 43.3 Å². The lowest BCUT2D eigenvalue weighted by Gasteiger charge is -2.43. The second-order valence-electron chi connectivity index (χ2n) is 13.8. The van der Waals surface area contributed by atoms with Gasteiger partial charge in [0.25, 0.3) is 23.5 Å². The molecule has 3 aliphatic rings. The summed E-state index contributed by atoms with van der Waals surface area (Å²) in [5.41, 5.74) is 2.47. The number of nitrogen functional groups attached to an aromatic ring is 1. The first-order chi connectivity index (χ1) is 31.2. The predicted octanol–water partition coefficient (Wildman–Crippen LogP) is 7.10. The number of benzene rings is 2. The van der Waals surface area contributed by atoms with Crippen LogP contribution in [0.1, 0.15) is 84.3 Å². The Kier molecular flexibility index (Phi) is 10.8. The number of alkyl halides is 3. The number of carbonyl (C=O) groups excluding carboxylic acids is 3. The van der Waals surface area contributed by atoms with Crippen molar-refractivity contribution in [3.8, 4) is 12.1 Å². The molecule has 5 N–H and O–H groups in total. The summed E-state index contributed by atoms with van der Waals surface area (Å²) in [5.74, 6) is -3.89. The number of rotatable bonds is 6. The molecule has 1 saturated heterocycles. The van der Waals surface area contributed by atoms with Crippen molar-refractivity contribution in [3.63, 3.8) is 0 Å². The third-order valence-electron chi connectivity index (χ3n) is 10.0. The molecule has 61 heavy (non-hydrogen) atoms. The summed E-state index contributed by atoms with van der Waals surface area (Å²) in [6.07, 6.45) is 1.94. The average Bonchev–Trinajstić information content (AvgIpc) is 3.44. The summed E-state index contributed by atoms with van der Waals surface area (Å²) in [5, 5.41) is 24.0. The van der Waals surface area contributed by atoms with E-state index in [1.807, 2.05) is 0 Å². The van der Waals surface area contributed by atoms with Gasteiger partial charge in [0.15, 0.2) is 10.8 Å². The number of thiocarbonyl (C=S) groups is 1. The van der Waals surface area contributed by atoms with Crippen molar-refractivity contribution in [1.82, 2.24) is 20.6 Å². The molecule has 1 aliphatic heterocycles. The lowest BCUT2D eigenvalue weighted by molar-refractivity contribution is -0.138. The Bertz CT molecular complexity index is 2760. The van der Waals surface area contributed by atoms with Crippen LogP contribution in [-0.4, -0.2) is 57.8 Å². The number of aryl methyl sites for hydroxylation is 1. The highest BCUT2D eigenvalue weighted by Crippen LogP contribution is 2.48. The first-order valence-electron chi connectivity index (χ1n) is 20.9. The standard InChI is InChI=1S/C21H18FN5O2S.C13H14FN3O.C7H4F3N3/c1-12-9-14(11-25-17(12)23-2)26-19(29)21(7-4-8-21)27(20(26)30)13-5-6-15(16(22)10-13)18(28)24-3;1-16-12(18)10-4-3-9(7-11(10)14)17-13(8-15)5-2-6-13;8-7(9,10)5-1-4(12)3-13-6(5)2-11/h5-6,9-11H,4,7-8H2,1,3H3,(H,24,28);3-4,7,17H,2,5-6H2,1H3,(H,16,18);1,3H,12H2/i3D3;1D3;. The fourth-order valence-electron chi connectivity index (χ4n) is 6.60. The van der Waals surface area contributed by atoms with Crippen LogP contribution < -0.4 is 31.5 Å². The fraction of sp³-hybridized carbons (Fsp3) is 0.293. The van der Waals surface area contributed by atoms with Gasteiger partial charge in [0.05, 0.1) is 40.3 Å². The quantitative estimate of drug-likeness (QED) is 0.0877. The molecule has 0 atom stereocenters. The second-order valence-corrected chi connectivity index (χ2v) is 14.2. The van der Waals surface area contributed by atoms with Gasteiger partial charge < -0.3 is 31.4 Å². The predicted molar refractivity (Wildman–Crippen MR) is 218 cm³/mol. The normalized spacial score (nSPS) is 17.4. The van der Waals surface area contributed by atoms with E-state index in [9.17, 15) is 36.3 Å². The molecule has 14 nitrogen and oxygen atoms in total. The van der Waals surface area contributed by atoms with E-state index in [-0.39, 0.29) is 33.8 Å². The highest BCUT2D eigenvalue weighted by atomic mass is 32.1. The Labute approximate surface area is 360 Å². The summed E-state index contributed by atoms with van der Waals surface area (Å²) >= 11 is 5.62. The average molecular weight is 864 g/mol. The maximum Gasteiger partial charge on any atom is 0.419 e. The number of hydrogen-bond acceptors (Lipinski definition) is 10. The van der Waals surface area contributed by atoms with Gasteiger partial charge in [-0.15, -0.1) is 4.98 Å². The molecule has 2 aromatic heterocycles. The molecular formula is C41H36F5N11O3S. The van der Waals surface area contributed by atoms with Crippen LogP contribution in [0.15, 0.2) is 60.9 Å². The SMILES string of the molecule is N#Cc1ncc(N)cc1C(F)(F)F.[2H]C([2H])([2H])NC(=O)c1ccc(N2C(=S)N(c3cnc([N+]#[C-])c(C)c3)C(=O)C23CCC3)cc1F.[2H]C([2H])([2H])NC(=O)c1ccc(NC2(C#N)CCC2)cc1F. The molecule has 2 aromatic carbocycles. The number of halogens is 5. The van der Waals surface area contributed by atoms with E-state index in [1.165, 1.54) is 41.4 Å². The summed E-state index contributed by atoms with van der Waals surface area (Å²) in [6.45, 7) is 3.45. The number of amides is 3. The lowest BCUT2D eigenvalue weighted by atomic mass is 9.75. The van der Waals surface area contributed by atoms with Gasteiger partial charge in [-0.2, -0.15) is 23.7 Å². The van der Waals surface area contributed by atoms with Gasteiger partial charge >= 0.3 is 6.18 Å². The highest BCUT2D eigenvalue weighted by molar-refractivity contribution is 7.81. The Balaban J connectivity index is 0.000000210. The van der Waals surface area contributed by atoms with E-state index in [0.29, 0.717) is 48.7 Å². The largest absolute Gasteiger partial charge is 0.419 e. The maximum absolute atomic E-state index is 14.8. The molecule has 1 spiro atoms. The Hall–Kier alpha value is -7.24. The van der Waals surface area contributed by atoms with Crippen LogP contribution in [0.2, 0.25) is 0 Å². The minimum absolute atomic E-state index is 0.119. The molecule has 2 aliphatic carbocycles. The molecular weight excluding hydrogens is 822 g/mol. The number of nitrogens with zero attached hydrogens (tertiary/aromatic N) is 7. The summed E-state index contributed by atoms with van der Waals surface area (Å²) < 4.78 is 107. The van der Waals surface area contributed by atoms with E-state index in [0.717, 1.165) is 31.2 Å². The third-order valence-corrected chi connectivity index (χ3v) is 10.4. The van der Waals surface area contributed by atoms with E-state index in [2.05, 4.69) is 26.2 Å². The zero-order valence-corrected chi connectivity index (χ0v) is 32.6. The van der Waals surface area contributed by atoms with Gasteiger partial charge in [0.1, 0.15) is 35.0 Å². The summed E-state index contributed by atoms with van der Waals surface area (Å²) in [7, 11) is 0. The van der Waals surface area contributed by atoms with Gasteiger partial charge in [-0.25, -0.2) is 13.8 Å². The number of nitriles is 2. The zero-order valence-electron chi connectivity index (χ0n) is 37.7. The fourth-order valence-corrected chi connectivity index (χ4v) is 7.07. The van der Waals surface area contributed by atoms with Gasteiger partial charge in [-0.05, 0) is 112 Å². The Morgan fingerprint density at radius 2 is 1.57 bits per heavy atom. The number of pyridine rings is 2. The molecule has 7 rings (SSSR count). The van der Waals surface area contributed by atoms with E-state index < -0.39 is 71.5 Å². The number of anilines is 4. The molecule has 20 heteroatoms. The Morgan fingerprint density at radius 1 is 0.951 bits per heavy atom. The van der Waals surface area contributed by atoms with Crippen LogP contribution in [0, 0.1) is 47.8 Å². The van der Waals surface area contributed by atoms with Crippen molar-refractivity contribution in [2.75, 3.05) is 34.8 Å². The Morgan fingerprint density at radius 3 is 2.05 bits per heavy atom. The van der Waals surface area contributed by atoms with E-state index in [1.54, 1.807) is 28.5 Å². The number of nitrogens with one attached hydrogen (secondary N) is 3. The van der Waals surface area contributed by atoms with Crippen LogP contribution in [-0.2, 0) is 11.0 Å². The van der Waals surface area contributed by atoms with Crippen molar-refractivity contribution in [3.05, 3.63) is 112 Å². The van der Waals surface area contributed by atoms with Gasteiger partial charge in [0, 0.05) is 33.6 Å². The van der Waals surface area contributed by atoms with Gasteiger partial charge in [0.2, 0.25) is 0 Å². The van der Waals surface area contributed by atoms with Crippen molar-refractivity contribution in [2.45, 2.75) is 62.7 Å². The number of carbonyl (C=O) groups is 3.